The summed E-state index contributed by atoms with van der Waals surface area (Å²) in [6, 6.07) is 18.3. The van der Waals surface area contributed by atoms with Crippen LogP contribution in [0, 0.1) is 5.92 Å². The van der Waals surface area contributed by atoms with Gasteiger partial charge >= 0.3 is 0 Å². The van der Waals surface area contributed by atoms with Crippen molar-refractivity contribution < 1.29 is 13.5 Å². The van der Waals surface area contributed by atoms with E-state index in [1.54, 1.807) is 12.1 Å². The van der Waals surface area contributed by atoms with Crippen LogP contribution in [0.1, 0.15) is 31.1 Å². The molecule has 0 bridgehead atoms. The van der Waals surface area contributed by atoms with Crippen molar-refractivity contribution in [3.8, 4) is 0 Å². The number of benzene rings is 2. The van der Waals surface area contributed by atoms with Crippen molar-refractivity contribution in [2.45, 2.75) is 25.7 Å². The van der Waals surface area contributed by atoms with Crippen molar-refractivity contribution in [3.05, 3.63) is 71.8 Å². The Morgan fingerprint density at radius 3 is 2.00 bits per heavy atom. The number of aliphatic hydroxyl groups is 1. The molecule has 1 unspecified atom stereocenters. The lowest BCUT2D eigenvalue weighted by Crippen LogP contribution is -2.38. The normalized spacial score (nSPS) is 13.4. The van der Waals surface area contributed by atoms with E-state index in [1.165, 1.54) is 4.31 Å². The number of hydrogen-bond acceptors (Lipinski definition) is 3. The van der Waals surface area contributed by atoms with Crippen molar-refractivity contribution in [1.29, 1.82) is 0 Å². The molecule has 2 aromatic carbocycles. The van der Waals surface area contributed by atoms with Gasteiger partial charge in [0.15, 0.2) is 0 Å². The molecule has 4 nitrogen and oxygen atoms in total. The van der Waals surface area contributed by atoms with Crippen molar-refractivity contribution in [2.75, 3.05) is 13.1 Å². The third kappa shape index (κ3) is 5.44. The van der Waals surface area contributed by atoms with Gasteiger partial charge in [0.25, 0.3) is 0 Å². The van der Waals surface area contributed by atoms with Crippen molar-refractivity contribution in [3.63, 3.8) is 0 Å². The van der Waals surface area contributed by atoms with Crippen molar-refractivity contribution >= 4 is 10.0 Å². The van der Waals surface area contributed by atoms with Gasteiger partial charge in [-0.1, -0.05) is 74.5 Å². The summed E-state index contributed by atoms with van der Waals surface area (Å²) in [6.07, 6.45) is -0.838. The minimum absolute atomic E-state index is 0.0535. The number of rotatable bonds is 8. The van der Waals surface area contributed by atoms with Gasteiger partial charge in [0.05, 0.1) is 11.9 Å². The first kappa shape index (κ1) is 18.6. The van der Waals surface area contributed by atoms with E-state index in [-0.39, 0.29) is 18.2 Å². The molecule has 0 amide bonds. The SMILES string of the molecule is CC(C)CN(CC(O)c1ccccc1)S(=O)(=O)Cc1ccccc1. The Balaban J connectivity index is 2.17. The molecule has 24 heavy (non-hydrogen) atoms. The highest BCUT2D eigenvalue weighted by Gasteiger charge is 2.26. The largest absolute Gasteiger partial charge is 0.387 e. The van der Waals surface area contributed by atoms with Crippen LogP contribution in [-0.4, -0.2) is 30.9 Å². The number of aliphatic hydroxyl groups excluding tert-OH is 1. The first-order chi connectivity index (χ1) is 11.4. The lowest BCUT2D eigenvalue weighted by Gasteiger charge is -2.26. The molecule has 2 aromatic rings. The summed E-state index contributed by atoms with van der Waals surface area (Å²) in [5, 5.41) is 10.4. The zero-order chi connectivity index (χ0) is 17.6. The molecule has 1 atom stereocenters. The Labute approximate surface area is 144 Å². The van der Waals surface area contributed by atoms with Gasteiger partial charge < -0.3 is 5.11 Å². The fourth-order valence-electron chi connectivity index (χ4n) is 2.56. The molecule has 0 spiro atoms. The molecule has 130 valence electrons. The average Bonchev–Trinajstić information content (AvgIpc) is 2.55. The van der Waals surface area contributed by atoms with Crippen LogP contribution in [0.4, 0.5) is 0 Å². The number of nitrogens with zero attached hydrogens (tertiary/aromatic N) is 1. The Morgan fingerprint density at radius 1 is 0.917 bits per heavy atom. The van der Waals surface area contributed by atoms with E-state index in [9.17, 15) is 13.5 Å². The lowest BCUT2D eigenvalue weighted by atomic mass is 10.1. The van der Waals surface area contributed by atoms with Gasteiger partial charge in [0.2, 0.25) is 10.0 Å². The molecular weight excluding hydrogens is 322 g/mol. The Morgan fingerprint density at radius 2 is 1.46 bits per heavy atom. The van der Waals surface area contributed by atoms with Crippen LogP contribution < -0.4 is 0 Å². The van der Waals surface area contributed by atoms with Crippen LogP contribution >= 0.6 is 0 Å². The molecule has 0 fully saturated rings. The maximum absolute atomic E-state index is 12.8. The first-order valence-corrected chi connectivity index (χ1v) is 9.74. The molecule has 5 heteroatoms. The van der Waals surface area contributed by atoms with Gasteiger partial charge in [0.1, 0.15) is 0 Å². The predicted octanol–water partition coefficient (Wildman–Crippen LogP) is 3.21. The minimum Gasteiger partial charge on any atom is -0.387 e. The van der Waals surface area contributed by atoms with E-state index in [0.717, 1.165) is 11.1 Å². The van der Waals surface area contributed by atoms with E-state index >= 15 is 0 Å². The van der Waals surface area contributed by atoms with Gasteiger partial charge in [0, 0.05) is 13.1 Å². The van der Waals surface area contributed by atoms with E-state index in [4.69, 9.17) is 0 Å². The summed E-state index contributed by atoms with van der Waals surface area (Å²) >= 11 is 0. The van der Waals surface area contributed by atoms with Crippen LogP contribution in [-0.2, 0) is 15.8 Å². The molecule has 1 N–H and O–H groups in total. The monoisotopic (exact) mass is 347 g/mol. The smallest absolute Gasteiger partial charge is 0.218 e. The van der Waals surface area contributed by atoms with Crippen LogP contribution in [0.15, 0.2) is 60.7 Å². The van der Waals surface area contributed by atoms with Crippen LogP contribution in [0.25, 0.3) is 0 Å². The highest BCUT2D eigenvalue weighted by molar-refractivity contribution is 7.88. The van der Waals surface area contributed by atoms with Crippen molar-refractivity contribution in [2.24, 2.45) is 5.92 Å². The standard InChI is InChI=1S/C19H25NO3S/c1-16(2)13-20(14-19(21)18-11-7-4-8-12-18)24(22,23)15-17-9-5-3-6-10-17/h3-12,16,19,21H,13-15H2,1-2H3. The quantitative estimate of drug-likeness (QED) is 0.798. The zero-order valence-electron chi connectivity index (χ0n) is 14.2. The maximum atomic E-state index is 12.8. The molecule has 0 aliphatic rings. The van der Waals surface area contributed by atoms with Gasteiger partial charge in [-0.05, 0) is 17.0 Å². The number of sulfonamides is 1. The summed E-state index contributed by atoms with van der Waals surface area (Å²) in [4.78, 5) is 0. The fourth-order valence-corrected chi connectivity index (χ4v) is 4.25. The average molecular weight is 347 g/mol. The third-order valence-corrected chi connectivity index (χ3v) is 5.50. The molecule has 0 heterocycles. The van der Waals surface area contributed by atoms with E-state index in [0.29, 0.717) is 6.54 Å². The zero-order valence-corrected chi connectivity index (χ0v) is 15.0. The molecule has 0 aliphatic carbocycles. The molecule has 0 saturated heterocycles. The van der Waals surface area contributed by atoms with Crippen LogP contribution in [0.2, 0.25) is 0 Å². The van der Waals surface area contributed by atoms with Crippen LogP contribution in [0.3, 0.4) is 0 Å². The van der Waals surface area contributed by atoms with Gasteiger partial charge in [-0.2, -0.15) is 4.31 Å². The van der Waals surface area contributed by atoms with Crippen molar-refractivity contribution in [1.82, 2.24) is 4.31 Å². The Hall–Kier alpha value is -1.69. The fraction of sp³-hybridized carbons (Fsp3) is 0.368. The Kier molecular flexibility index (Phi) is 6.54. The second-order valence-electron chi connectivity index (χ2n) is 6.38. The number of hydrogen-bond donors (Lipinski definition) is 1. The second kappa shape index (κ2) is 8.42. The molecular formula is C19H25NO3S. The van der Waals surface area contributed by atoms with E-state index in [2.05, 4.69) is 0 Å². The topological polar surface area (TPSA) is 57.6 Å². The highest BCUT2D eigenvalue weighted by Crippen LogP contribution is 2.19. The van der Waals surface area contributed by atoms with Crippen LogP contribution in [0.5, 0.6) is 0 Å². The lowest BCUT2D eigenvalue weighted by molar-refractivity contribution is 0.143. The predicted molar refractivity (Wildman–Crippen MR) is 96.9 cm³/mol. The summed E-state index contributed by atoms with van der Waals surface area (Å²) in [6.45, 7) is 4.40. The molecule has 2 rings (SSSR count). The van der Waals surface area contributed by atoms with Gasteiger partial charge in [-0.25, -0.2) is 8.42 Å². The second-order valence-corrected chi connectivity index (χ2v) is 8.35. The Bertz CT molecular complexity index is 715. The van der Waals surface area contributed by atoms with E-state index < -0.39 is 16.1 Å². The molecule has 0 aliphatic heterocycles. The first-order valence-electron chi connectivity index (χ1n) is 8.13. The van der Waals surface area contributed by atoms with Gasteiger partial charge in [-0.3, -0.25) is 0 Å². The third-order valence-electron chi connectivity index (χ3n) is 3.71. The molecule has 0 radical (unpaired) electrons. The minimum atomic E-state index is -3.50. The summed E-state index contributed by atoms with van der Waals surface area (Å²) in [5.41, 5.74) is 1.47. The summed E-state index contributed by atoms with van der Waals surface area (Å²) in [5.74, 6) is 0.126. The molecule has 0 saturated carbocycles. The van der Waals surface area contributed by atoms with Gasteiger partial charge in [-0.15, -0.1) is 0 Å². The maximum Gasteiger partial charge on any atom is 0.218 e. The molecule has 0 aromatic heterocycles. The van der Waals surface area contributed by atoms with E-state index in [1.807, 2.05) is 62.4 Å². The summed E-state index contributed by atoms with van der Waals surface area (Å²) in [7, 11) is -3.50. The highest BCUT2D eigenvalue weighted by atomic mass is 32.2. The summed E-state index contributed by atoms with van der Waals surface area (Å²) < 4.78 is 27.0.